The third kappa shape index (κ3) is 2.18. The van der Waals surface area contributed by atoms with E-state index in [0.29, 0.717) is 0 Å². The normalized spacial score (nSPS) is 31.2. The lowest BCUT2D eigenvalue weighted by atomic mass is 9.89. The number of ether oxygens (including phenoxy) is 2. The van der Waals surface area contributed by atoms with E-state index in [2.05, 4.69) is 0 Å². The number of ketones is 1. The second-order valence-corrected chi connectivity index (χ2v) is 3.88. The van der Waals surface area contributed by atoms with E-state index in [0.717, 1.165) is 0 Å². The second kappa shape index (κ2) is 4.72. The van der Waals surface area contributed by atoms with E-state index >= 15 is 0 Å². The zero-order chi connectivity index (χ0) is 11.6. The van der Waals surface area contributed by atoms with Crippen LogP contribution < -0.4 is 0 Å². The van der Waals surface area contributed by atoms with Gasteiger partial charge in [0, 0.05) is 26.6 Å². The highest BCUT2D eigenvalue weighted by Gasteiger charge is 2.48. The van der Waals surface area contributed by atoms with E-state index in [1.807, 2.05) is 6.92 Å². The van der Waals surface area contributed by atoms with Gasteiger partial charge in [0.1, 0.15) is 11.7 Å². The number of Topliss-reactive ketones (excluding diaryl/α,β-unsaturated/α-hetero) is 1. The molecule has 0 radical (unpaired) electrons. The molecule has 5 heteroatoms. The minimum atomic E-state index is -1.09. The number of carbonyl (C=O) groups is 2. The van der Waals surface area contributed by atoms with Crippen molar-refractivity contribution in [1.82, 2.24) is 0 Å². The van der Waals surface area contributed by atoms with Crippen LogP contribution in [0.15, 0.2) is 0 Å². The first-order chi connectivity index (χ1) is 7.02. The number of hydrogen-bond acceptors (Lipinski definition) is 4. The predicted molar refractivity (Wildman–Crippen MR) is 51.2 cm³/mol. The standard InChI is InChI=1S/C10H16O5/c1-5-4-6(11)8(9(12)13)7(5)10(14-2)15-3/h5,7-8,10H,4H2,1-3H3,(H,12,13). The number of carbonyl (C=O) groups excluding carboxylic acids is 1. The molecule has 0 heterocycles. The lowest BCUT2D eigenvalue weighted by Gasteiger charge is -2.26. The Hall–Kier alpha value is -0.940. The number of rotatable bonds is 4. The summed E-state index contributed by atoms with van der Waals surface area (Å²) < 4.78 is 10.1. The highest BCUT2D eigenvalue weighted by atomic mass is 16.7. The maximum absolute atomic E-state index is 11.5. The summed E-state index contributed by atoms with van der Waals surface area (Å²) in [7, 11) is 2.89. The molecule has 0 aromatic rings. The lowest BCUT2D eigenvalue weighted by Crippen LogP contribution is -2.36. The van der Waals surface area contributed by atoms with Crippen molar-refractivity contribution >= 4 is 11.8 Å². The van der Waals surface area contributed by atoms with Crippen molar-refractivity contribution in [2.45, 2.75) is 19.6 Å². The van der Waals surface area contributed by atoms with Crippen LogP contribution in [0.4, 0.5) is 0 Å². The third-order valence-corrected chi connectivity index (χ3v) is 2.96. The molecular weight excluding hydrogens is 200 g/mol. The largest absolute Gasteiger partial charge is 0.481 e. The van der Waals surface area contributed by atoms with Crippen LogP contribution in [0, 0.1) is 17.8 Å². The Kier molecular flexibility index (Phi) is 3.82. The van der Waals surface area contributed by atoms with Crippen molar-refractivity contribution in [3.05, 3.63) is 0 Å². The Balaban J connectivity index is 2.91. The van der Waals surface area contributed by atoms with Gasteiger partial charge in [0.05, 0.1) is 0 Å². The van der Waals surface area contributed by atoms with Crippen molar-refractivity contribution < 1.29 is 24.2 Å². The zero-order valence-corrected chi connectivity index (χ0v) is 9.10. The number of aliphatic carboxylic acids is 1. The molecule has 3 atom stereocenters. The third-order valence-electron chi connectivity index (χ3n) is 2.96. The quantitative estimate of drug-likeness (QED) is 0.548. The first kappa shape index (κ1) is 12.1. The fourth-order valence-corrected chi connectivity index (χ4v) is 2.26. The van der Waals surface area contributed by atoms with E-state index in [-0.39, 0.29) is 18.1 Å². The Labute approximate surface area is 88.4 Å². The molecule has 5 nitrogen and oxygen atoms in total. The number of methoxy groups -OCH3 is 2. The SMILES string of the molecule is COC(OC)C1C(C)CC(=O)C1C(=O)O. The van der Waals surface area contributed by atoms with Crippen LogP contribution >= 0.6 is 0 Å². The minimum Gasteiger partial charge on any atom is -0.481 e. The molecule has 0 saturated heterocycles. The zero-order valence-electron chi connectivity index (χ0n) is 9.10. The first-order valence-corrected chi connectivity index (χ1v) is 4.84. The minimum absolute atomic E-state index is 0.0245. The first-order valence-electron chi connectivity index (χ1n) is 4.84. The summed E-state index contributed by atoms with van der Waals surface area (Å²) in [6.45, 7) is 1.84. The van der Waals surface area contributed by atoms with Gasteiger partial charge in [-0.2, -0.15) is 0 Å². The molecule has 1 aliphatic carbocycles. The van der Waals surface area contributed by atoms with Gasteiger partial charge in [-0.25, -0.2) is 0 Å². The summed E-state index contributed by atoms with van der Waals surface area (Å²) in [6, 6.07) is 0. The van der Waals surface area contributed by atoms with Gasteiger partial charge in [0.15, 0.2) is 6.29 Å². The Bertz CT molecular complexity index is 259. The molecule has 15 heavy (non-hydrogen) atoms. The van der Waals surface area contributed by atoms with Crippen LogP contribution in [0.5, 0.6) is 0 Å². The van der Waals surface area contributed by atoms with E-state index in [1.54, 1.807) is 0 Å². The molecule has 1 N–H and O–H groups in total. The van der Waals surface area contributed by atoms with Crippen molar-refractivity contribution in [3.63, 3.8) is 0 Å². The highest BCUT2D eigenvalue weighted by Crippen LogP contribution is 2.37. The molecule has 0 amide bonds. The molecular formula is C10H16O5. The Morgan fingerprint density at radius 1 is 1.47 bits per heavy atom. The molecule has 0 aromatic heterocycles. The molecule has 3 unspecified atom stereocenters. The summed E-state index contributed by atoms with van der Waals surface area (Å²) >= 11 is 0. The molecule has 86 valence electrons. The molecule has 0 aliphatic heterocycles. The lowest BCUT2D eigenvalue weighted by molar-refractivity contribution is -0.170. The fraction of sp³-hybridized carbons (Fsp3) is 0.800. The monoisotopic (exact) mass is 216 g/mol. The molecule has 1 aliphatic rings. The van der Waals surface area contributed by atoms with Crippen LogP contribution in [-0.4, -0.2) is 37.4 Å². The predicted octanol–water partition coefficient (Wildman–Crippen LogP) is 0.531. The van der Waals surface area contributed by atoms with Gasteiger partial charge in [0.2, 0.25) is 0 Å². The van der Waals surface area contributed by atoms with Crippen molar-refractivity contribution in [1.29, 1.82) is 0 Å². The average molecular weight is 216 g/mol. The maximum Gasteiger partial charge on any atom is 0.314 e. The topological polar surface area (TPSA) is 72.8 Å². The van der Waals surface area contributed by atoms with Gasteiger partial charge in [0.25, 0.3) is 0 Å². The Morgan fingerprint density at radius 2 is 2.00 bits per heavy atom. The molecule has 0 aromatic carbocycles. The van der Waals surface area contributed by atoms with Crippen molar-refractivity contribution in [3.8, 4) is 0 Å². The summed E-state index contributed by atoms with van der Waals surface area (Å²) in [5.41, 5.74) is 0. The van der Waals surface area contributed by atoms with Gasteiger partial charge in [-0.15, -0.1) is 0 Å². The highest BCUT2D eigenvalue weighted by molar-refractivity contribution is 6.00. The van der Waals surface area contributed by atoms with E-state index in [9.17, 15) is 9.59 Å². The van der Waals surface area contributed by atoms with E-state index in [4.69, 9.17) is 14.6 Å². The van der Waals surface area contributed by atoms with E-state index < -0.39 is 24.1 Å². The molecule has 0 spiro atoms. The second-order valence-electron chi connectivity index (χ2n) is 3.88. The van der Waals surface area contributed by atoms with Crippen LogP contribution in [0.3, 0.4) is 0 Å². The van der Waals surface area contributed by atoms with Gasteiger partial charge in [-0.3, -0.25) is 9.59 Å². The number of hydrogen-bond donors (Lipinski definition) is 1. The Morgan fingerprint density at radius 3 is 2.40 bits per heavy atom. The summed E-state index contributed by atoms with van der Waals surface area (Å²) in [4.78, 5) is 22.5. The van der Waals surface area contributed by atoms with Gasteiger partial charge in [-0.05, 0) is 5.92 Å². The molecule has 1 rings (SSSR count). The number of carboxylic acid groups (broad SMARTS) is 1. The molecule has 1 saturated carbocycles. The van der Waals surface area contributed by atoms with Crippen LogP contribution in [0.25, 0.3) is 0 Å². The van der Waals surface area contributed by atoms with Crippen LogP contribution in [0.2, 0.25) is 0 Å². The van der Waals surface area contributed by atoms with Crippen LogP contribution in [0.1, 0.15) is 13.3 Å². The maximum atomic E-state index is 11.5. The van der Waals surface area contributed by atoms with Crippen molar-refractivity contribution in [2.75, 3.05) is 14.2 Å². The summed E-state index contributed by atoms with van der Waals surface area (Å²) in [5, 5.41) is 8.98. The van der Waals surface area contributed by atoms with Gasteiger partial charge in [-0.1, -0.05) is 6.92 Å². The summed E-state index contributed by atoms with van der Waals surface area (Å²) in [5.74, 6) is -2.74. The van der Waals surface area contributed by atoms with Crippen molar-refractivity contribution in [2.24, 2.45) is 17.8 Å². The summed E-state index contributed by atoms with van der Waals surface area (Å²) in [6.07, 6.45) is -0.349. The molecule has 0 bridgehead atoms. The van der Waals surface area contributed by atoms with Gasteiger partial charge < -0.3 is 14.6 Å². The van der Waals surface area contributed by atoms with E-state index in [1.165, 1.54) is 14.2 Å². The fourth-order valence-electron chi connectivity index (χ4n) is 2.26. The van der Waals surface area contributed by atoms with Crippen LogP contribution in [-0.2, 0) is 19.1 Å². The number of carboxylic acids is 1. The average Bonchev–Trinajstić information content (AvgIpc) is 2.44. The van der Waals surface area contributed by atoms with Gasteiger partial charge >= 0.3 is 5.97 Å². The smallest absolute Gasteiger partial charge is 0.314 e. The molecule has 1 fully saturated rings.